The number of carboxylic acids is 1. The van der Waals surface area contributed by atoms with Gasteiger partial charge >= 0.3 is 5.97 Å². The second-order valence-electron chi connectivity index (χ2n) is 5.66. The van der Waals surface area contributed by atoms with E-state index in [0.29, 0.717) is 18.6 Å². The number of hydrogen-bond acceptors (Lipinski definition) is 3. The monoisotopic (exact) mass is 278 g/mol. The highest BCUT2D eigenvalue weighted by molar-refractivity contribution is 5.84. The number of ether oxygens (including phenoxy) is 2. The topological polar surface area (TPSA) is 55.8 Å². The van der Waals surface area contributed by atoms with E-state index in [4.69, 9.17) is 9.47 Å². The lowest BCUT2D eigenvalue weighted by Crippen LogP contribution is -2.42. The van der Waals surface area contributed by atoms with Crippen molar-refractivity contribution in [1.82, 2.24) is 0 Å². The van der Waals surface area contributed by atoms with Crippen LogP contribution in [-0.2, 0) is 10.2 Å². The fourth-order valence-corrected chi connectivity index (χ4v) is 3.03. The maximum atomic E-state index is 11.7. The molecule has 1 aliphatic carbocycles. The first-order valence-electron chi connectivity index (χ1n) is 6.96. The molecule has 1 saturated carbocycles. The van der Waals surface area contributed by atoms with Crippen molar-refractivity contribution in [3.8, 4) is 11.5 Å². The van der Waals surface area contributed by atoms with Crippen LogP contribution in [0.15, 0.2) is 12.1 Å². The van der Waals surface area contributed by atoms with Crippen LogP contribution in [-0.4, -0.2) is 25.3 Å². The van der Waals surface area contributed by atoms with Gasteiger partial charge in [-0.25, -0.2) is 0 Å². The lowest BCUT2D eigenvalue weighted by molar-refractivity contribution is -0.147. The minimum atomic E-state index is -0.790. The fourth-order valence-electron chi connectivity index (χ4n) is 3.03. The summed E-state index contributed by atoms with van der Waals surface area (Å²) in [6.45, 7) is 4.11. The van der Waals surface area contributed by atoms with Crippen LogP contribution >= 0.6 is 0 Å². The molecule has 4 nitrogen and oxygen atoms in total. The maximum absolute atomic E-state index is 11.7. The highest BCUT2D eigenvalue weighted by Gasteiger charge is 2.48. The Morgan fingerprint density at radius 1 is 1.25 bits per heavy atom. The van der Waals surface area contributed by atoms with E-state index in [-0.39, 0.29) is 5.92 Å². The molecule has 0 saturated heterocycles. The smallest absolute Gasteiger partial charge is 0.314 e. The normalized spacial score (nSPS) is 16.6. The third-order valence-electron chi connectivity index (χ3n) is 4.29. The minimum Gasteiger partial charge on any atom is -0.496 e. The predicted octanol–water partition coefficient (Wildman–Crippen LogP) is 3.33. The van der Waals surface area contributed by atoms with Crippen LogP contribution in [0.5, 0.6) is 11.5 Å². The predicted molar refractivity (Wildman–Crippen MR) is 76.8 cm³/mol. The third-order valence-corrected chi connectivity index (χ3v) is 4.29. The summed E-state index contributed by atoms with van der Waals surface area (Å²) in [5, 5.41) is 9.63. The maximum Gasteiger partial charge on any atom is 0.314 e. The van der Waals surface area contributed by atoms with Gasteiger partial charge in [0.15, 0.2) is 0 Å². The second kappa shape index (κ2) is 5.35. The Morgan fingerprint density at radius 3 is 2.25 bits per heavy atom. The largest absolute Gasteiger partial charge is 0.496 e. The summed E-state index contributed by atoms with van der Waals surface area (Å²) in [6.07, 6.45) is 2.28. The highest BCUT2D eigenvalue weighted by Crippen LogP contribution is 2.50. The zero-order valence-electron chi connectivity index (χ0n) is 12.5. The summed E-state index contributed by atoms with van der Waals surface area (Å²) in [5.74, 6) is 0.856. The van der Waals surface area contributed by atoms with Crippen LogP contribution in [0.3, 0.4) is 0 Å². The Morgan fingerprint density at radius 2 is 1.90 bits per heavy atom. The molecule has 1 aromatic rings. The zero-order valence-corrected chi connectivity index (χ0v) is 12.5. The van der Waals surface area contributed by atoms with Gasteiger partial charge in [0.05, 0.1) is 19.6 Å². The molecule has 110 valence electrons. The summed E-state index contributed by atoms with van der Waals surface area (Å²) in [4.78, 5) is 11.7. The molecule has 0 radical (unpaired) electrons. The third kappa shape index (κ3) is 2.03. The number of methoxy groups -OCH3 is 2. The van der Waals surface area contributed by atoms with Gasteiger partial charge in [0.2, 0.25) is 0 Å². The summed E-state index contributed by atoms with van der Waals surface area (Å²) < 4.78 is 11.0. The van der Waals surface area contributed by atoms with Crippen LogP contribution in [0.1, 0.15) is 50.2 Å². The number of benzene rings is 1. The Kier molecular flexibility index (Phi) is 3.93. The fraction of sp³-hybridized carbons (Fsp3) is 0.562. The molecule has 1 aliphatic rings. The molecule has 0 amide bonds. The number of carboxylic acid groups (broad SMARTS) is 1. The molecule has 0 unspecified atom stereocenters. The van der Waals surface area contributed by atoms with Gasteiger partial charge in [-0.1, -0.05) is 26.3 Å². The van der Waals surface area contributed by atoms with Gasteiger partial charge in [0.1, 0.15) is 11.5 Å². The summed E-state index contributed by atoms with van der Waals surface area (Å²) in [6, 6.07) is 3.70. The Labute approximate surface area is 119 Å². The molecule has 4 heteroatoms. The SMILES string of the molecule is COc1ccc(C2(C(=O)O)CCC2)c(OC)c1C(C)C. The average molecular weight is 278 g/mol. The van der Waals surface area contributed by atoms with Crippen molar-refractivity contribution in [3.63, 3.8) is 0 Å². The van der Waals surface area contributed by atoms with E-state index in [2.05, 4.69) is 13.8 Å². The van der Waals surface area contributed by atoms with E-state index in [1.165, 1.54) is 0 Å². The molecular formula is C16H22O4. The average Bonchev–Trinajstić information content (AvgIpc) is 2.35. The van der Waals surface area contributed by atoms with Crippen LogP contribution < -0.4 is 9.47 Å². The van der Waals surface area contributed by atoms with E-state index in [1.54, 1.807) is 14.2 Å². The van der Waals surface area contributed by atoms with Gasteiger partial charge in [0.25, 0.3) is 0 Å². The quantitative estimate of drug-likeness (QED) is 0.897. The van der Waals surface area contributed by atoms with Gasteiger partial charge in [0, 0.05) is 11.1 Å². The molecule has 1 fully saturated rings. The lowest BCUT2D eigenvalue weighted by Gasteiger charge is -2.39. The van der Waals surface area contributed by atoms with Crippen molar-refractivity contribution < 1.29 is 19.4 Å². The number of rotatable bonds is 5. The lowest BCUT2D eigenvalue weighted by atomic mass is 9.63. The van der Waals surface area contributed by atoms with Gasteiger partial charge < -0.3 is 14.6 Å². The second-order valence-corrected chi connectivity index (χ2v) is 5.66. The van der Waals surface area contributed by atoms with E-state index < -0.39 is 11.4 Å². The first-order chi connectivity index (χ1) is 9.47. The molecule has 1 N–H and O–H groups in total. The zero-order chi connectivity index (χ0) is 14.9. The molecular weight excluding hydrogens is 256 g/mol. The van der Waals surface area contributed by atoms with Gasteiger partial charge in [-0.05, 0) is 24.8 Å². The van der Waals surface area contributed by atoms with E-state index in [9.17, 15) is 9.90 Å². The molecule has 0 aliphatic heterocycles. The molecule has 1 aromatic carbocycles. The molecule has 0 heterocycles. The molecule has 0 bridgehead atoms. The van der Waals surface area contributed by atoms with Crippen LogP contribution in [0, 0.1) is 0 Å². The highest BCUT2D eigenvalue weighted by atomic mass is 16.5. The standard InChI is InChI=1S/C16H22O4/c1-10(2)13-12(19-3)7-6-11(14(13)20-4)16(15(17)18)8-5-9-16/h6-7,10H,5,8-9H2,1-4H3,(H,17,18). The summed E-state index contributed by atoms with van der Waals surface area (Å²) in [5.41, 5.74) is 0.935. The van der Waals surface area contributed by atoms with Crippen LogP contribution in [0.4, 0.5) is 0 Å². The van der Waals surface area contributed by atoms with Crippen molar-refractivity contribution in [2.24, 2.45) is 0 Å². The Hall–Kier alpha value is -1.71. The van der Waals surface area contributed by atoms with E-state index in [0.717, 1.165) is 23.3 Å². The van der Waals surface area contributed by atoms with Gasteiger partial charge in [-0.15, -0.1) is 0 Å². The summed E-state index contributed by atoms with van der Waals surface area (Å²) >= 11 is 0. The Bertz CT molecular complexity index is 515. The number of aliphatic carboxylic acids is 1. The number of hydrogen-bond donors (Lipinski definition) is 1. The first kappa shape index (κ1) is 14.7. The first-order valence-corrected chi connectivity index (χ1v) is 6.96. The molecule has 0 aromatic heterocycles. The van der Waals surface area contributed by atoms with Crippen molar-refractivity contribution >= 4 is 5.97 Å². The molecule has 0 atom stereocenters. The Balaban J connectivity index is 2.66. The van der Waals surface area contributed by atoms with E-state index in [1.807, 2.05) is 12.1 Å². The number of carbonyl (C=O) groups is 1. The molecule has 2 rings (SSSR count). The van der Waals surface area contributed by atoms with Gasteiger partial charge in [-0.2, -0.15) is 0 Å². The molecule has 20 heavy (non-hydrogen) atoms. The minimum absolute atomic E-state index is 0.200. The van der Waals surface area contributed by atoms with Crippen molar-refractivity contribution in [2.75, 3.05) is 14.2 Å². The van der Waals surface area contributed by atoms with E-state index >= 15 is 0 Å². The van der Waals surface area contributed by atoms with Crippen molar-refractivity contribution in [3.05, 3.63) is 23.3 Å². The van der Waals surface area contributed by atoms with Crippen molar-refractivity contribution in [2.45, 2.75) is 44.4 Å². The molecule has 0 spiro atoms. The summed E-state index contributed by atoms with van der Waals surface area (Å²) in [7, 11) is 3.22. The van der Waals surface area contributed by atoms with Crippen molar-refractivity contribution in [1.29, 1.82) is 0 Å². The van der Waals surface area contributed by atoms with Gasteiger partial charge in [-0.3, -0.25) is 4.79 Å². The van der Waals surface area contributed by atoms with Crippen LogP contribution in [0.25, 0.3) is 0 Å². The van der Waals surface area contributed by atoms with Crippen LogP contribution in [0.2, 0.25) is 0 Å².